The van der Waals surface area contributed by atoms with Gasteiger partial charge in [0.05, 0.1) is 0 Å². The lowest BCUT2D eigenvalue weighted by molar-refractivity contribution is -0.118. The zero-order chi connectivity index (χ0) is 12.0. The average Bonchev–Trinajstić information content (AvgIpc) is 2.28. The number of carbonyl (C=O) groups is 1. The van der Waals surface area contributed by atoms with Crippen LogP contribution in [0.5, 0.6) is 0 Å². The summed E-state index contributed by atoms with van der Waals surface area (Å²) in [5.41, 5.74) is 2.17. The van der Waals surface area contributed by atoms with Crippen LogP contribution in [-0.2, 0) is 11.2 Å². The Kier molecular flexibility index (Phi) is 5.03. The summed E-state index contributed by atoms with van der Waals surface area (Å²) in [6.45, 7) is 7.59. The van der Waals surface area contributed by atoms with Crippen LogP contribution in [0.1, 0.15) is 32.3 Å². The maximum Gasteiger partial charge on any atom is 0.226 e. The Balaban J connectivity index is 2.54. The van der Waals surface area contributed by atoms with Crippen LogP contribution in [-0.4, -0.2) is 5.91 Å². The molecule has 2 heteroatoms. The molecule has 87 valence electrons. The van der Waals surface area contributed by atoms with Gasteiger partial charge in [-0.25, -0.2) is 0 Å². The van der Waals surface area contributed by atoms with Crippen molar-refractivity contribution in [3.05, 3.63) is 36.8 Å². The molecule has 2 nitrogen and oxygen atoms in total. The van der Waals surface area contributed by atoms with Gasteiger partial charge in [0.25, 0.3) is 0 Å². The van der Waals surface area contributed by atoms with Crippen LogP contribution in [0, 0.1) is 12.8 Å². The summed E-state index contributed by atoms with van der Waals surface area (Å²) in [4.78, 5) is 11.4. The maximum atomic E-state index is 11.4. The van der Waals surface area contributed by atoms with Gasteiger partial charge >= 0.3 is 0 Å². The van der Waals surface area contributed by atoms with Crippen LogP contribution in [0.25, 0.3) is 0 Å². The molecule has 1 rings (SSSR count). The Morgan fingerprint density at radius 2 is 1.94 bits per heavy atom. The first-order chi connectivity index (χ1) is 7.63. The third-order valence-corrected chi connectivity index (χ3v) is 2.46. The molecule has 0 aliphatic rings. The van der Waals surface area contributed by atoms with Crippen molar-refractivity contribution in [2.75, 3.05) is 5.32 Å². The number of hydrogen-bond donors (Lipinski definition) is 1. The van der Waals surface area contributed by atoms with E-state index in [-0.39, 0.29) is 11.8 Å². The SMILES string of the molecule is [CH2]CCCc1ccc(NC(=O)C(C)C)cc1. The standard InChI is InChI=1S/C14H20NO/c1-4-5-6-12-7-9-13(10-8-12)15-14(16)11(2)3/h7-11H,1,4-6H2,2-3H3,(H,15,16). The Morgan fingerprint density at radius 1 is 1.31 bits per heavy atom. The van der Waals surface area contributed by atoms with Crippen LogP contribution in [0.4, 0.5) is 5.69 Å². The molecule has 1 radical (unpaired) electrons. The Bertz CT molecular complexity index is 327. The third kappa shape index (κ3) is 4.05. The number of benzene rings is 1. The predicted molar refractivity (Wildman–Crippen MR) is 68.2 cm³/mol. The molecular formula is C14H20NO. The van der Waals surface area contributed by atoms with Crippen LogP contribution in [0.3, 0.4) is 0 Å². The number of aryl methyl sites for hydroxylation is 1. The number of anilines is 1. The molecule has 0 saturated carbocycles. The van der Waals surface area contributed by atoms with Gasteiger partial charge in [0, 0.05) is 11.6 Å². The van der Waals surface area contributed by atoms with Crippen molar-refractivity contribution in [3.8, 4) is 0 Å². The highest BCUT2D eigenvalue weighted by atomic mass is 16.1. The minimum atomic E-state index is 0.0193. The van der Waals surface area contributed by atoms with E-state index in [4.69, 9.17) is 0 Å². The molecule has 0 aliphatic heterocycles. The van der Waals surface area contributed by atoms with Crippen molar-refractivity contribution in [1.29, 1.82) is 0 Å². The largest absolute Gasteiger partial charge is 0.326 e. The van der Waals surface area contributed by atoms with Crippen LogP contribution >= 0.6 is 0 Å². The average molecular weight is 218 g/mol. The summed E-state index contributed by atoms with van der Waals surface area (Å²) in [7, 11) is 0. The molecular weight excluding hydrogens is 198 g/mol. The van der Waals surface area contributed by atoms with Gasteiger partial charge in [0.15, 0.2) is 0 Å². The smallest absolute Gasteiger partial charge is 0.226 e. The summed E-state index contributed by atoms with van der Waals surface area (Å²) >= 11 is 0. The van der Waals surface area contributed by atoms with E-state index in [9.17, 15) is 4.79 Å². The minimum Gasteiger partial charge on any atom is -0.326 e. The summed E-state index contributed by atoms with van der Waals surface area (Å²) in [6, 6.07) is 8.04. The van der Waals surface area contributed by atoms with E-state index in [2.05, 4.69) is 24.4 Å². The van der Waals surface area contributed by atoms with Gasteiger partial charge in [-0.15, -0.1) is 0 Å². The number of carbonyl (C=O) groups excluding carboxylic acids is 1. The van der Waals surface area contributed by atoms with Gasteiger partial charge in [-0.1, -0.05) is 39.3 Å². The first-order valence-corrected chi connectivity index (χ1v) is 5.82. The number of unbranched alkanes of at least 4 members (excludes halogenated alkanes) is 1. The van der Waals surface area contributed by atoms with Crippen molar-refractivity contribution in [3.63, 3.8) is 0 Å². The zero-order valence-electron chi connectivity index (χ0n) is 10.1. The molecule has 0 aromatic heterocycles. The second-order valence-electron chi connectivity index (χ2n) is 4.30. The summed E-state index contributed by atoms with van der Waals surface area (Å²) in [5, 5.41) is 2.87. The summed E-state index contributed by atoms with van der Waals surface area (Å²) < 4.78 is 0. The van der Waals surface area contributed by atoms with Gasteiger partial charge < -0.3 is 5.32 Å². The van der Waals surface area contributed by atoms with Crippen molar-refractivity contribution in [2.24, 2.45) is 5.92 Å². The monoisotopic (exact) mass is 218 g/mol. The van der Waals surface area contributed by atoms with Gasteiger partial charge in [0.1, 0.15) is 0 Å². The Morgan fingerprint density at radius 3 is 2.44 bits per heavy atom. The predicted octanol–water partition coefficient (Wildman–Crippen LogP) is 3.44. The van der Waals surface area contributed by atoms with E-state index in [1.165, 1.54) is 5.56 Å². The maximum absolute atomic E-state index is 11.4. The van der Waals surface area contributed by atoms with Crippen molar-refractivity contribution in [2.45, 2.75) is 33.1 Å². The van der Waals surface area contributed by atoms with E-state index in [1.54, 1.807) is 0 Å². The normalized spacial score (nSPS) is 10.5. The van der Waals surface area contributed by atoms with Gasteiger partial charge in [-0.05, 0) is 30.5 Å². The zero-order valence-corrected chi connectivity index (χ0v) is 10.1. The number of nitrogens with one attached hydrogen (secondary N) is 1. The van der Waals surface area contributed by atoms with Crippen molar-refractivity contribution in [1.82, 2.24) is 0 Å². The fourth-order valence-electron chi connectivity index (χ4n) is 1.37. The van der Waals surface area contributed by atoms with Crippen LogP contribution in [0.15, 0.2) is 24.3 Å². The number of rotatable bonds is 5. The molecule has 1 amide bonds. The quantitative estimate of drug-likeness (QED) is 0.806. The highest BCUT2D eigenvalue weighted by molar-refractivity contribution is 5.91. The lowest BCUT2D eigenvalue weighted by Crippen LogP contribution is -2.17. The molecule has 0 heterocycles. The van der Waals surface area contributed by atoms with Crippen molar-refractivity contribution >= 4 is 11.6 Å². The molecule has 1 aromatic carbocycles. The third-order valence-electron chi connectivity index (χ3n) is 2.46. The second kappa shape index (κ2) is 6.31. The molecule has 0 atom stereocenters. The van der Waals surface area contributed by atoms with Gasteiger partial charge in [-0.2, -0.15) is 0 Å². The second-order valence-corrected chi connectivity index (χ2v) is 4.30. The molecule has 1 N–H and O–H groups in total. The number of amides is 1. The first-order valence-electron chi connectivity index (χ1n) is 5.82. The topological polar surface area (TPSA) is 29.1 Å². The molecule has 0 spiro atoms. The van der Waals surface area contributed by atoms with E-state index in [0.29, 0.717) is 0 Å². The lowest BCUT2D eigenvalue weighted by atomic mass is 10.1. The molecule has 0 bridgehead atoms. The summed E-state index contributed by atoms with van der Waals surface area (Å²) in [6.07, 6.45) is 3.13. The minimum absolute atomic E-state index is 0.0193. The molecule has 0 unspecified atom stereocenters. The lowest BCUT2D eigenvalue weighted by Gasteiger charge is -2.08. The Hall–Kier alpha value is -1.31. The molecule has 0 fully saturated rings. The van der Waals surface area contributed by atoms with Crippen LogP contribution < -0.4 is 5.32 Å². The van der Waals surface area contributed by atoms with Gasteiger partial charge in [0.2, 0.25) is 5.91 Å². The fourth-order valence-corrected chi connectivity index (χ4v) is 1.37. The summed E-state index contributed by atoms with van der Waals surface area (Å²) in [5.74, 6) is 0.0800. The molecule has 0 saturated heterocycles. The van der Waals surface area contributed by atoms with E-state index in [0.717, 1.165) is 24.9 Å². The van der Waals surface area contributed by atoms with E-state index in [1.807, 2.05) is 26.0 Å². The van der Waals surface area contributed by atoms with Crippen molar-refractivity contribution < 1.29 is 4.79 Å². The van der Waals surface area contributed by atoms with E-state index >= 15 is 0 Å². The highest BCUT2D eigenvalue weighted by Crippen LogP contribution is 2.12. The molecule has 16 heavy (non-hydrogen) atoms. The fraction of sp³-hybridized carbons (Fsp3) is 0.429. The van der Waals surface area contributed by atoms with Gasteiger partial charge in [-0.3, -0.25) is 4.79 Å². The Labute approximate surface area is 98.1 Å². The van der Waals surface area contributed by atoms with E-state index < -0.39 is 0 Å². The van der Waals surface area contributed by atoms with Crippen LogP contribution in [0.2, 0.25) is 0 Å². The first kappa shape index (κ1) is 12.8. The molecule has 1 aromatic rings. The highest BCUT2D eigenvalue weighted by Gasteiger charge is 2.06. The number of hydrogen-bond acceptors (Lipinski definition) is 1. The molecule has 0 aliphatic carbocycles.